The molecule has 0 aliphatic heterocycles. The van der Waals surface area contributed by atoms with Crippen LogP contribution < -0.4 is 15.4 Å². The number of aliphatic imine (C=N–C) groups is 1. The van der Waals surface area contributed by atoms with Crippen molar-refractivity contribution in [3.8, 4) is 5.75 Å². The predicted octanol–water partition coefficient (Wildman–Crippen LogP) is 3.10. The van der Waals surface area contributed by atoms with Crippen LogP contribution in [0.25, 0.3) is 0 Å². The van der Waals surface area contributed by atoms with Gasteiger partial charge in [-0.2, -0.15) is 0 Å². The van der Waals surface area contributed by atoms with Gasteiger partial charge in [0, 0.05) is 19.6 Å². The second kappa shape index (κ2) is 12.4. The van der Waals surface area contributed by atoms with E-state index in [4.69, 9.17) is 4.74 Å². The molecule has 1 aliphatic rings. The van der Waals surface area contributed by atoms with E-state index in [1.807, 2.05) is 12.1 Å². The van der Waals surface area contributed by atoms with E-state index in [2.05, 4.69) is 53.7 Å². The summed E-state index contributed by atoms with van der Waals surface area (Å²) in [5.74, 6) is 2.69. The van der Waals surface area contributed by atoms with Crippen LogP contribution in [-0.4, -0.2) is 51.2 Å². The van der Waals surface area contributed by atoms with Gasteiger partial charge in [-0.3, -0.25) is 0 Å². The number of ether oxygens (including phenoxy) is 1. The zero-order chi connectivity index (χ0) is 17.2. The van der Waals surface area contributed by atoms with Gasteiger partial charge < -0.3 is 20.3 Å². The molecule has 25 heavy (non-hydrogen) atoms. The van der Waals surface area contributed by atoms with Crippen LogP contribution in [0.4, 0.5) is 0 Å². The highest BCUT2D eigenvalue weighted by Crippen LogP contribution is 2.27. The SMILES string of the molecule is CCNC(=NCc1ccc(OCCCN(C)C)cc1)NCC1CC1.I. The van der Waals surface area contributed by atoms with Crippen LogP contribution in [0.1, 0.15) is 31.7 Å². The monoisotopic (exact) mass is 460 g/mol. The molecule has 1 saturated carbocycles. The van der Waals surface area contributed by atoms with Crippen molar-refractivity contribution in [2.75, 3.05) is 40.3 Å². The molecule has 0 radical (unpaired) electrons. The molecular formula is C19H33IN4O. The van der Waals surface area contributed by atoms with Crippen molar-refractivity contribution in [3.05, 3.63) is 29.8 Å². The van der Waals surface area contributed by atoms with E-state index in [0.29, 0.717) is 6.54 Å². The van der Waals surface area contributed by atoms with Gasteiger partial charge in [-0.15, -0.1) is 24.0 Å². The summed E-state index contributed by atoms with van der Waals surface area (Å²) >= 11 is 0. The maximum atomic E-state index is 5.76. The van der Waals surface area contributed by atoms with Gasteiger partial charge in [-0.05, 0) is 63.9 Å². The normalized spacial score (nSPS) is 14.2. The summed E-state index contributed by atoms with van der Waals surface area (Å²) in [7, 11) is 4.16. The summed E-state index contributed by atoms with van der Waals surface area (Å²) in [4.78, 5) is 6.83. The molecule has 1 aliphatic carbocycles. The van der Waals surface area contributed by atoms with Gasteiger partial charge in [0.2, 0.25) is 0 Å². The van der Waals surface area contributed by atoms with E-state index in [-0.39, 0.29) is 24.0 Å². The third-order valence-electron chi connectivity index (χ3n) is 3.96. The Hall–Kier alpha value is -1.02. The Balaban J connectivity index is 0.00000312. The van der Waals surface area contributed by atoms with E-state index in [1.165, 1.54) is 18.4 Å². The minimum absolute atomic E-state index is 0. The lowest BCUT2D eigenvalue weighted by Gasteiger charge is -2.11. The highest BCUT2D eigenvalue weighted by Gasteiger charge is 2.20. The largest absolute Gasteiger partial charge is 0.494 e. The summed E-state index contributed by atoms with van der Waals surface area (Å²) in [5, 5.41) is 6.72. The topological polar surface area (TPSA) is 48.9 Å². The van der Waals surface area contributed by atoms with Crippen LogP contribution in [0, 0.1) is 5.92 Å². The van der Waals surface area contributed by atoms with Crippen LogP contribution in [0.3, 0.4) is 0 Å². The van der Waals surface area contributed by atoms with E-state index in [9.17, 15) is 0 Å². The molecule has 2 rings (SSSR count). The van der Waals surface area contributed by atoms with Crippen molar-refractivity contribution in [2.24, 2.45) is 10.9 Å². The highest BCUT2D eigenvalue weighted by molar-refractivity contribution is 14.0. The van der Waals surface area contributed by atoms with Gasteiger partial charge >= 0.3 is 0 Å². The molecule has 1 fully saturated rings. The van der Waals surface area contributed by atoms with Crippen LogP contribution >= 0.6 is 24.0 Å². The van der Waals surface area contributed by atoms with Gasteiger partial charge in [-0.1, -0.05) is 12.1 Å². The van der Waals surface area contributed by atoms with Crippen molar-refractivity contribution < 1.29 is 4.74 Å². The fraction of sp³-hybridized carbons (Fsp3) is 0.632. The molecule has 2 N–H and O–H groups in total. The first kappa shape index (κ1) is 22.0. The molecular weight excluding hydrogens is 427 g/mol. The summed E-state index contributed by atoms with van der Waals surface area (Å²) in [6.45, 7) is 6.50. The number of halogens is 1. The quantitative estimate of drug-likeness (QED) is 0.244. The maximum Gasteiger partial charge on any atom is 0.191 e. The lowest BCUT2D eigenvalue weighted by molar-refractivity contribution is 0.281. The first-order chi connectivity index (χ1) is 11.7. The Kier molecular flexibility index (Phi) is 10.9. The highest BCUT2D eigenvalue weighted by atomic mass is 127. The second-order valence-corrected chi connectivity index (χ2v) is 6.67. The number of nitrogens with one attached hydrogen (secondary N) is 2. The number of nitrogens with zero attached hydrogens (tertiary/aromatic N) is 2. The first-order valence-corrected chi connectivity index (χ1v) is 9.06. The number of guanidine groups is 1. The zero-order valence-electron chi connectivity index (χ0n) is 15.8. The summed E-state index contributed by atoms with van der Waals surface area (Å²) in [5.41, 5.74) is 1.19. The smallest absolute Gasteiger partial charge is 0.191 e. The predicted molar refractivity (Wildman–Crippen MR) is 116 cm³/mol. The van der Waals surface area contributed by atoms with Gasteiger partial charge in [0.15, 0.2) is 5.96 Å². The standard InChI is InChI=1S/C19H32N4O.HI/c1-4-20-19(21-14-16-6-7-16)22-15-17-8-10-18(11-9-17)24-13-5-12-23(2)3;/h8-11,16H,4-7,12-15H2,1-3H3,(H2,20,21,22);1H. The molecule has 142 valence electrons. The first-order valence-electron chi connectivity index (χ1n) is 9.06. The van der Waals surface area contributed by atoms with Crippen molar-refractivity contribution in [2.45, 2.75) is 32.7 Å². The number of benzene rings is 1. The molecule has 0 amide bonds. The van der Waals surface area contributed by atoms with Crippen LogP contribution in [0.15, 0.2) is 29.3 Å². The van der Waals surface area contributed by atoms with Gasteiger partial charge in [0.05, 0.1) is 13.2 Å². The lowest BCUT2D eigenvalue weighted by Crippen LogP contribution is -2.38. The van der Waals surface area contributed by atoms with Crippen LogP contribution in [-0.2, 0) is 6.54 Å². The number of hydrogen-bond acceptors (Lipinski definition) is 3. The molecule has 5 nitrogen and oxygen atoms in total. The number of rotatable bonds is 10. The van der Waals surface area contributed by atoms with Crippen molar-refractivity contribution in [1.29, 1.82) is 0 Å². The van der Waals surface area contributed by atoms with E-state index < -0.39 is 0 Å². The molecule has 1 aromatic carbocycles. The molecule has 1 aromatic rings. The Morgan fingerprint density at radius 3 is 2.52 bits per heavy atom. The summed E-state index contributed by atoms with van der Waals surface area (Å²) < 4.78 is 5.76. The minimum Gasteiger partial charge on any atom is -0.494 e. The second-order valence-electron chi connectivity index (χ2n) is 6.67. The maximum absolute atomic E-state index is 5.76. The lowest BCUT2D eigenvalue weighted by atomic mass is 10.2. The van der Waals surface area contributed by atoms with Crippen molar-refractivity contribution in [3.63, 3.8) is 0 Å². The molecule has 0 unspecified atom stereocenters. The molecule has 0 spiro atoms. The molecule has 0 atom stereocenters. The molecule has 0 heterocycles. The van der Waals surface area contributed by atoms with Gasteiger partial charge in [-0.25, -0.2) is 4.99 Å². The van der Waals surface area contributed by atoms with E-state index in [1.54, 1.807) is 0 Å². The molecule has 0 saturated heterocycles. The zero-order valence-corrected chi connectivity index (χ0v) is 18.1. The third kappa shape index (κ3) is 9.89. The Labute approximate surface area is 169 Å². The van der Waals surface area contributed by atoms with Gasteiger partial charge in [0.25, 0.3) is 0 Å². The molecule has 0 bridgehead atoms. The van der Waals surface area contributed by atoms with Crippen LogP contribution in [0.5, 0.6) is 5.75 Å². The molecule has 6 heteroatoms. The Morgan fingerprint density at radius 2 is 1.92 bits per heavy atom. The van der Waals surface area contributed by atoms with E-state index >= 15 is 0 Å². The Morgan fingerprint density at radius 1 is 1.20 bits per heavy atom. The minimum atomic E-state index is 0. The van der Waals surface area contributed by atoms with Crippen molar-refractivity contribution in [1.82, 2.24) is 15.5 Å². The van der Waals surface area contributed by atoms with E-state index in [0.717, 1.165) is 50.3 Å². The third-order valence-corrected chi connectivity index (χ3v) is 3.96. The van der Waals surface area contributed by atoms with Gasteiger partial charge in [0.1, 0.15) is 5.75 Å². The fourth-order valence-electron chi connectivity index (χ4n) is 2.34. The van der Waals surface area contributed by atoms with Crippen molar-refractivity contribution >= 4 is 29.9 Å². The number of hydrogen-bond donors (Lipinski definition) is 2. The van der Waals surface area contributed by atoms with Crippen LogP contribution in [0.2, 0.25) is 0 Å². The molecule has 0 aromatic heterocycles. The summed E-state index contributed by atoms with van der Waals surface area (Å²) in [6, 6.07) is 8.25. The summed E-state index contributed by atoms with van der Waals surface area (Å²) in [6.07, 6.45) is 3.74. The average Bonchev–Trinajstić information content (AvgIpc) is 3.39. The Bertz CT molecular complexity index is 501. The fourth-order valence-corrected chi connectivity index (χ4v) is 2.34. The average molecular weight is 460 g/mol.